The highest BCUT2D eigenvalue weighted by atomic mass is 16.5. The quantitative estimate of drug-likeness (QED) is 0.607. The molecule has 0 aliphatic carbocycles. The minimum atomic E-state index is -0.583. The van der Waals surface area contributed by atoms with E-state index in [2.05, 4.69) is 31.2 Å². The highest BCUT2D eigenvalue weighted by Crippen LogP contribution is 2.47. The predicted molar refractivity (Wildman–Crippen MR) is 95.4 cm³/mol. The van der Waals surface area contributed by atoms with E-state index in [0.717, 1.165) is 22.4 Å². The largest absolute Gasteiger partial charge is 0.477 e. The van der Waals surface area contributed by atoms with Crippen molar-refractivity contribution in [3.8, 4) is 16.9 Å². The van der Waals surface area contributed by atoms with Gasteiger partial charge in [0, 0.05) is 16.7 Å². The first-order valence-electron chi connectivity index (χ1n) is 8.09. The van der Waals surface area contributed by atoms with Crippen LogP contribution in [-0.2, 0) is 5.60 Å². The number of hydrogen-bond acceptors (Lipinski definition) is 2. The normalized spacial score (nSPS) is 18.2. The van der Waals surface area contributed by atoms with E-state index in [1.807, 2.05) is 48.5 Å². The molecule has 0 fully saturated rings. The van der Waals surface area contributed by atoms with Gasteiger partial charge in [-0.15, -0.1) is 0 Å². The van der Waals surface area contributed by atoms with Crippen LogP contribution in [0.3, 0.4) is 0 Å². The summed E-state index contributed by atoms with van der Waals surface area (Å²) in [6, 6.07) is 24.2. The van der Waals surface area contributed by atoms with Gasteiger partial charge in [0.15, 0.2) is 11.4 Å². The molecule has 2 heteroatoms. The molecular weight excluding hydrogens is 296 g/mol. The molecule has 2 nitrogen and oxygen atoms in total. The van der Waals surface area contributed by atoms with Gasteiger partial charge in [0.25, 0.3) is 0 Å². The third kappa shape index (κ3) is 2.15. The van der Waals surface area contributed by atoms with Crippen molar-refractivity contribution >= 4 is 5.78 Å². The van der Waals surface area contributed by atoms with Crippen molar-refractivity contribution in [1.29, 1.82) is 0 Å². The monoisotopic (exact) mass is 314 g/mol. The molecule has 0 saturated carbocycles. The number of ketones is 1. The summed E-state index contributed by atoms with van der Waals surface area (Å²) in [7, 11) is 0. The average Bonchev–Trinajstić information content (AvgIpc) is 2.62. The second-order valence-corrected chi connectivity index (χ2v) is 6.31. The minimum Gasteiger partial charge on any atom is -0.477 e. The average molecular weight is 314 g/mol. The minimum absolute atomic E-state index is 0.0713. The van der Waals surface area contributed by atoms with Crippen LogP contribution in [0.2, 0.25) is 0 Å². The molecular formula is C22H18O2. The lowest BCUT2D eigenvalue weighted by Crippen LogP contribution is -2.34. The van der Waals surface area contributed by atoms with E-state index in [9.17, 15) is 4.79 Å². The lowest BCUT2D eigenvalue weighted by molar-refractivity contribution is 0.101. The fraction of sp³-hybridized carbons (Fsp3) is 0.136. The molecule has 3 aromatic rings. The van der Waals surface area contributed by atoms with Gasteiger partial charge in [0.2, 0.25) is 0 Å². The van der Waals surface area contributed by atoms with Gasteiger partial charge in [0.05, 0.1) is 0 Å². The van der Waals surface area contributed by atoms with Gasteiger partial charge in [-0.25, -0.2) is 0 Å². The molecule has 24 heavy (non-hydrogen) atoms. The molecule has 0 saturated heterocycles. The molecule has 0 radical (unpaired) electrons. The number of fused-ring (bicyclic) bond motifs is 3. The summed E-state index contributed by atoms with van der Waals surface area (Å²) in [5.74, 6) is 0.955. The first-order valence-corrected chi connectivity index (χ1v) is 8.09. The molecule has 4 rings (SSSR count). The summed E-state index contributed by atoms with van der Waals surface area (Å²) in [4.78, 5) is 11.5. The van der Waals surface area contributed by atoms with Gasteiger partial charge < -0.3 is 4.74 Å². The number of benzene rings is 3. The Morgan fingerprint density at radius 2 is 1.46 bits per heavy atom. The van der Waals surface area contributed by atoms with E-state index in [1.54, 1.807) is 6.92 Å². The third-order valence-electron chi connectivity index (χ3n) is 4.77. The maximum absolute atomic E-state index is 11.5. The highest BCUT2D eigenvalue weighted by molar-refractivity contribution is 5.94. The summed E-state index contributed by atoms with van der Waals surface area (Å²) in [5.41, 5.74) is 4.62. The molecule has 118 valence electrons. The van der Waals surface area contributed by atoms with Crippen LogP contribution in [-0.4, -0.2) is 5.78 Å². The summed E-state index contributed by atoms with van der Waals surface area (Å²) in [6.07, 6.45) is 0. The Bertz CT molecular complexity index is 925. The van der Waals surface area contributed by atoms with Crippen molar-refractivity contribution in [1.82, 2.24) is 0 Å². The topological polar surface area (TPSA) is 26.3 Å². The lowest BCUT2D eigenvalue weighted by Gasteiger charge is -2.38. The van der Waals surface area contributed by atoms with Crippen LogP contribution < -0.4 is 4.74 Å². The molecule has 1 heterocycles. The zero-order chi connectivity index (χ0) is 16.7. The molecule has 1 aliphatic rings. The van der Waals surface area contributed by atoms with E-state index in [4.69, 9.17) is 4.74 Å². The Labute approximate surface area is 141 Å². The molecule has 0 bridgehead atoms. The first-order chi connectivity index (χ1) is 11.6. The molecule has 0 N–H and O–H groups in total. The van der Waals surface area contributed by atoms with Crippen LogP contribution >= 0.6 is 0 Å². The number of para-hydroxylation sites is 1. The van der Waals surface area contributed by atoms with Crippen LogP contribution in [0.4, 0.5) is 0 Å². The van der Waals surface area contributed by atoms with Crippen LogP contribution in [0, 0.1) is 0 Å². The standard InChI is InChI=1S/C22H18O2/c1-15(23)16-11-13-17(14-12-16)22(2)20-9-5-3-7-18(20)19-8-4-6-10-21(19)24-22/h3-14H,1-2H3. The second kappa shape index (κ2) is 5.34. The van der Waals surface area contributed by atoms with Crippen molar-refractivity contribution in [2.45, 2.75) is 19.4 Å². The Kier molecular flexibility index (Phi) is 3.27. The number of carbonyl (C=O) groups is 1. The van der Waals surface area contributed by atoms with Crippen molar-refractivity contribution in [2.24, 2.45) is 0 Å². The smallest absolute Gasteiger partial charge is 0.159 e. The van der Waals surface area contributed by atoms with Gasteiger partial charge in [-0.2, -0.15) is 0 Å². The molecule has 0 amide bonds. The Morgan fingerprint density at radius 1 is 0.833 bits per heavy atom. The summed E-state index contributed by atoms with van der Waals surface area (Å²) in [6.45, 7) is 3.67. The van der Waals surface area contributed by atoms with Gasteiger partial charge in [-0.1, -0.05) is 66.7 Å². The number of hydrogen-bond donors (Lipinski definition) is 0. The SMILES string of the molecule is CC(=O)c1ccc(C2(C)Oc3ccccc3-c3ccccc32)cc1. The molecule has 1 unspecified atom stereocenters. The van der Waals surface area contributed by atoms with Crippen molar-refractivity contribution in [2.75, 3.05) is 0 Å². The van der Waals surface area contributed by atoms with Crippen LogP contribution in [0.5, 0.6) is 5.75 Å². The van der Waals surface area contributed by atoms with Gasteiger partial charge in [0.1, 0.15) is 5.75 Å². The molecule has 1 atom stereocenters. The molecule has 0 spiro atoms. The number of carbonyl (C=O) groups excluding carboxylic acids is 1. The van der Waals surface area contributed by atoms with Crippen molar-refractivity contribution in [3.05, 3.63) is 89.5 Å². The van der Waals surface area contributed by atoms with Crippen LogP contribution in [0.15, 0.2) is 72.8 Å². The number of rotatable bonds is 2. The van der Waals surface area contributed by atoms with E-state index in [0.29, 0.717) is 5.56 Å². The number of ether oxygens (including phenoxy) is 1. The fourth-order valence-corrected chi connectivity index (χ4v) is 3.42. The van der Waals surface area contributed by atoms with Crippen molar-refractivity contribution < 1.29 is 9.53 Å². The van der Waals surface area contributed by atoms with Gasteiger partial charge >= 0.3 is 0 Å². The lowest BCUT2D eigenvalue weighted by atomic mass is 9.80. The molecule has 3 aromatic carbocycles. The summed E-state index contributed by atoms with van der Waals surface area (Å²) < 4.78 is 6.45. The zero-order valence-electron chi connectivity index (χ0n) is 13.7. The van der Waals surface area contributed by atoms with Gasteiger partial charge in [-0.3, -0.25) is 4.79 Å². The summed E-state index contributed by atoms with van der Waals surface area (Å²) >= 11 is 0. The highest BCUT2D eigenvalue weighted by Gasteiger charge is 2.38. The van der Waals surface area contributed by atoms with Crippen molar-refractivity contribution in [3.63, 3.8) is 0 Å². The molecule has 1 aliphatic heterocycles. The second-order valence-electron chi connectivity index (χ2n) is 6.31. The molecule has 0 aromatic heterocycles. The maximum atomic E-state index is 11.5. The summed E-state index contributed by atoms with van der Waals surface area (Å²) in [5, 5.41) is 0. The van der Waals surface area contributed by atoms with Crippen LogP contribution in [0.1, 0.15) is 35.3 Å². The maximum Gasteiger partial charge on any atom is 0.159 e. The number of Topliss-reactive ketones (excluding diaryl/α,β-unsaturated/α-hetero) is 1. The Hall–Kier alpha value is -2.87. The third-order valence-corrected chi connectivity index (χ3v) is 4.77. The zero-order valence-corrected chi connectivity index (χ0v) is 13.7. The Morgan fingerprint density at radius 3 is 2.17 bits per heavy atom. The van der Waals surface area contributed by atoms with Crippen LogP contribution in [0.25, 0.3) is 11.1 Å². The first kappa shape index (κ1) is 14.7. The van der Waals surface area contributed by atoms with E-state index in [1.165, 1.54) is 5.56 Å². The van der Waals surface area contributed by atoms with E-state index < -0.39 is 5.60 Å². The fourth-order valence-electron chi connectivity index (χ4n) is 3.42. The van der Waals surface area contributed by atoms with E-state index >= 15 is 0 Å². The van der Waals surface area contributed by atoms with E-state index in [-0.39, 0.29) is 5.78 Å². The Balaban J connectivity index is 1.91. The predicted octanol–water partition coefficient (Wildman–Crippen LogP) is 5.21. The van der Waals surface area contributed by atoms with Gasteiger partial charge in [-0.05, 0) is 31.0 Å².